The summed E-state index contributed by atoms with van der Waals surface area (Å²) in [6.07, 6.45) is 1.83. The SMILES string of the molecule is C=CCSc1ccccc1NC(=O)CN1CCNC(=O)C1c1c(C)nn(-c2ccccc2)c1C. The van der Waals surface area contributed by atoms with E-state index in [4.69, 9.17) is 5.10 Å². The van der Waals surface area contributed by atoms with E-state index >= 15 is 0 Å². The molecule has 0 aliphatic carbocycles. The van der Waals surface area contributed by atoms with Crippen molar-refractivity contribution in [1.29, 1.82) is 0 Å². The molecule has 8 heteroatoms. The van der Waals surface area contributed by atoms with Gasteiger partial charge in [-0.3, -0.25) is 14.5 Å². The van der Waals surface area contributed by atoms with Gasteiger partial charge in [0.1, 0.15) is 6.04 Å². The van der Waals surface area contributed by atoms with Crippen LogP contribution >= 0.6 is 11.8 Å². The van der Waals surface area contributed by atoms with E-state index in [-0.39, 0.29) is 18.4 Å². The molecule has 1 aliphatic rings. The van der Waals surface area contributed by atoms with Gasteiger partial charge in [0.2, 0.25) is 11.8 Å². The number of hydrogen-bond donors (Lipinski definition) is 2. The van der Waals surface area contributed by atoms with Crippen molar-refractivity contribution in [3.63, 3.8) is 0 Å². The monoisotopic (exact) mass is 475 g/mol. The third kappa shape index (κ3) is 5.08. The predicted molar refractivity (Wildman–Crippen MR) is 136 cm³/mol. The van der Waals surface area contributed by atoms with Crippen molar-refractivity contribution in [2.75, 3.05) is 30.7 Å². The number of nitrogens with one attached hydrogen (secondary N) is 2. The van der Waals surface area contributed by atoms with Crippen LogP contribution < -0.4 is 10.6 Å². The molecule has 1 aliphatic heterocycles. The number of thioether (sulfide) groups is 1. The first-order chi connectivity index (χ1) is 16.5. The Labute approximate surface area is 204 Å². The van der Waals surface area contributed by atoms with Crippen molar-refractivity contribution < 1.29 is 9.59 Å². The van der Waals surface area contributed by atoms with Gasteiger partial charge < -0.3 is 10.6 Å². The van der Waals surface area contributed by atoms with E-state index in [1.165, 1.54) is 0 Å². The molecule has 1 atom stereocenters. The maximum absolute atomic E-state index is 13.1. The van der Waals surface area contributed by atoms with Crippen LogP contribution in [0.15, 0.2) is 72.1 Å². The zero-order valence-corrected chi connectivity index (χ0v) is 20.3. The predicted octanol–water partition coefficient (Wildman–Crippen LogP) is 3.88. The van der Waals surface area contributed by atoms with Crippen molar-refractivity contribution in [2.24, 2.45) is 0 Å². The lowest BCUT2D eigenvalue weighted by Gasteiger charge is -2.34. The minimum absolute atomic E-state index is 0.105. The zero-order chi connectivity index (χ0) is 24.1. The minimum Gasteiger partial charge on any atom is -0.353 e. The smallest absolute Gasteiger partial charge is 0.242 e. The molecule has 2 amide bonds. The highest BCUT2D eigenvalue weighted by Crippen LogP contribution is 2.31. The van der Waals surface area contributed by atoms with Crippen LogP contribution in [0.2, 0.25) is 0 Å². The Morgan fingerprint density at radius 1 is 1.21 bits per heavy atom. The quantitative estimate of drug-likeness (QED) is 0.382. The fraction of sp³-hybridized carbons (Fsp3) is 0.269. The number of benzene rings is 2. The molecule has 7 nitrogen and oxygen atoms in total. The van der Waals surface area contributed by atoms with Crippen LogP contribution in [-0.4, -0.2) is 51.9 Å². The molecule has 0 bridgehead atoms. The number of aryl methyl sites for hydroxylation is 1. The lowest BCUT2D eigenvalue weighted by molar-refractivity contribution is -0.130. The summed E-state index contributed by atoms with van der Waals surface area (Å²) in [6, 6.07) is 17.0. The summed E-state index contributed by atoms with van der Waals surface area (Å²) in [4.78, 5) is 29.0. The van der Waals surface area contributed by atoms with E-state index in [0.717, 1.165) is 39.0 Å². The van der Waals surface area contributed by atoms with Crippen LogP contribution in [0, 0.1) is 13.8 Å². The van der Waals surface area contributed by atoms with Gasteiger partial charge >= 0.3 is 0 Å². The maximum Gasteiger partial charge on any atom is 0.242 e. The molecule has 2 N–H and O–H groups in total. The number of carbonyl (C=O) groups excluding carboxylic acids is 2. The largest absolute Gasteiger partial charge is 0.353 e. The number of hydrogen-bond acceptors (Lipinski definition) is 5. The molecule has 1 unspecified atom stereocenters. The van der Waals surface area contributed by atoms with Crippen LogP contribution in [0.25, 0.3) is 5.69 Å². The van der Waals surface area contributed by atoms with Gasteiger partial charge in [-0.1, -0.05) is 36.4 Å². The Morgan fingerprint density at radius 2 is 1.94 bits per heavy atom. The average molecular weight is 476 g/mol. The number of aromatic nitrogens is 2. The van der Waals surface area contributed by atoms with Crippen LogP contribution in [0.1, 0.15) is 23.0 Å². The second kappa shape index (κ2) is 10.7. The number of carbonyl (C=O) groups is 2. The van der Waals surface area contributed by atoms with Gasteiger partial charge in [-0.15, -0.1) is 18.3 Å². The summed E-state index contributed by atoms with van der Waals surface area (Å²) >= 11 is 1.62. The summed E-state index contributed by atoms with van der Waals surface area (Å²) in [5.74, 6) is 0.488. The molecular weight excluding hydrogens is 446 g/mol. The van der Waals surface area contributed by atoms with Gasteiger partial charge in [-0.25, -0.2) is 4.68 Å². The first kappa shape index (κ1) is 23.8. The number of amides is 2. The van der Waals surface area contributed by atoms with E-state index in [0.29, 0.717) is 13.1 Å². The highest BCUT2D eigenvalue weighted by atomic mass is 32.2. The third-order valence-corrected chi connectivity index (χ3v) is 6.87. The molecule has 34 heavy (non-hydrogen) atoms. The second-order valence-corrected chi connectivity index (χ2v) is 9.20. The summed E-state index contributed by atoms with van der Waals surface area (Å²) in [5, 5.41) is 10.7. The van der Waals surface area contributed by atoms with Crippen LogP contribution in [0.3, 0.4) is 0 Å². The van der Waals surface area contributed by atoms with Crippen molar-refractivity contribution in [3.8, 4) is 5.69 Å². The highest BCUT2D eigenvalue weighted by molar-refractivity contribution is 7.99. The molecular formula is C26H29N5O2S. The lowest BCUT2D eigenvalue weighted by Crippen LogP contribution is -2.52. The maximum atomic E-state index is 13.1. The molecule has 0 radical (unpaired) electrons. The molecule has 3 aromatic rings. The Kier molecular flexibility index (Phi) is 7.49. The molecule has 176 valence electrons. The molecule has 1 fully saturated rings. The van der Waals surface area contributed by atoms with Gasteiger partial charge in [0.25, 0.3) is 0 Å². The lowest BCUT2D eigenvalue weighted by atomic mass is 10.00. The number of para-hydroxylation sites is 2. The highest BCUT2D eigenvalue weighted by Gasteiger charge is 2.36. The second-order valence-electron chi connectivity index (χ2n) is 8.14. The number of nitrogens with zero attached hydrogens (tertiary/aromatic N) is 3. The van der Waals surface area contributed by atoms with Crippen molar-refractivity contribution in [2.45, 2.75) is 24.8 Å². The Hall–Kier alpha value is -3.36. The summed E-state index contributed by atoms with van der Waals surface area (Å²) in [5.41, 5.74) is 4.21. The summed E-state index contributed by atoms with van der Waals surface area (Å²) in [7, 11) is 0. The van der Waals surface area contributed by atoms with E-state index in [1.807, 2.05) is 84.1 Å². The normalized spacial score (nSPS) is 16.2. The molecule has 1 aromatic heterocycles. The first-order valence-corrected chi connectivity index (χ1v) is 12.2. The Morgan fingerprint density at radius 3 is 2.71 bits per heavy atom. The van der Waals surface area contributed by atoms with Gasteiger partial charge in [0.05, 0.1) is 23.6 Å². The molecule has 0 saturated carbocycles. The van der Waals surface area contributed by atoms with Crippen molar-refractivity contribution in [3.05, 3.63) is 84.2 Å². The molecule has 0 spiro atoms. The first-order valence-electron chi connectivity index (χ1n) is 11.3. The molecule has 2 heterocycles. The summed E-state index contributed by atoms with van der Waals surface area (Å²) < 4.78 is 1.86. The van der Waals surface area contributed by atoms with E-state index in [1.54, 1.807) is 11.8 Å². The molecule has 4 rings (SSSR count). The van der Waals surface area contributed by atoms with Gasteiger partial charge in [-0.2, -0.15) is 5.10 Å². The number of piperazine rings is 1. The zero-order valence-electron chi connectivity index (χ0n) is 19.5. The van der Waals surface area contributed by atoms with E-state index in [2.05, 4.69) is 17.2 Å². The van der Waals surface area contributed by atoms with E-state index < -0.39 is 6.04 Å². The third-order valence-electron chi connectivity index (χ3n) is 5.80. The molecule has 2 aromatic carbocycles. The van der Waals surface area contributed by atoms with Crippen LogP contribution in [0.5, 0.6) is 0 Å². The fourth-order valence-electron chi connectivity index (χ4n) is 4.29. The minimum atomic E-state index is -0.581. The van der Waals surface area contributed by atoms with Crippen LogP contribution in [0.4, 0.5) is 5.69 Å². The topological polar surface area (TPSA) is 79.3 Å². The number of anilines is 1. The summed E-state index contributed by atoms with van der Waals surface area (Å²) in [6.45, 7) is 8.82. The molecule has 1 saturated heterocycles. The fourth-order valence-corrected chi connectivity index (χ4v) is 5.03. The van der Waals surface area contributed by atoms with Gasteiger partial charge in [0, 0.05) is 35.0 Å². The van der Waals surface area contributed by atoms with E-state index in [9.17, 15) is 9.59 Å². The average Bonchev–Trinajstić information content (AvgIpc) is 3.13. The Balaban J connectivity index is 1.57. The Bertz CT molecular complexity index is 1190. The van der Waals surface area contributed by atoms with Crippen molar-refractivity contribution >= 4 is 29.3 Å². The van der Waals surface area contributed by atoms with Crippen molar-refractivity contribution in [1.82, 2.24) is 20.0 Å². The number of rotatable bonds is 8. The standard InChI is InChI=1S/C26H29N5O2S/c1-4-16-34-22-13-9-8-12-21(22)28-23(32)17-30-15-14-27-26(33)25(30)24-18(2)29-31(19(24)3)20-10-6-5-7-11-20/h4-13,25H,1,14-17H2,2-3H3,(H,27,33)(H,28,32). The van der Waals surface area contributed by atoms with Gasteiger partial charge in [0.15, 0.2) is 0 Å². The van der Waals surface area contributed by atoms with Crippen LogP contribution in [-0.2, 0) is 9.59 Å². The van der Waals surface area contributed by atoms with Gasteiger partial charge in [-0.05, 0) is 38.1 Å².